The van der Waals surface area contributed by atoms with Crippen molar-refractivity contribution in [3.05, 3.63) is 72.3 Å². The summed E-state index contributed by atoms with van der Waals surface area (Å²) in [5.74, 6) is -1.61. The van der Waals surface area contributed by atoms with Crippen molar-refractivity contribution in [1.82, 2.24) is 10.6 Å². The highest BCUT2D eigenvalue weighted by atomic mass is 16.5. The Morgan fingerprint density at radius 2 is 1.68 bits per heavy atom. The lowest BCUT2D eigenvalue weighted by Crippen LogP contribution is -2.44. The number of carboxylic acid groups (broad SMARTS) is 1. The van der Waals surface area contributed by atoms with Gasteiger partial charge in [-0.3, -0.25) is 4.79 Å². The number of carbonyl (C=O) groups excluding carboxylic acids is 2. The summed E-state index contributed by atoms with van der Waals surface area (Å²) in [7, 11) is 0. The molecule has 2 amide bonds. The molecule has 0 fully saturated rings. The molecule has 2 aromatic carbocycles. The number of fused-ring (bicyclic) bond motifs is 3. The van der Waals surface area contributed by atoms with E-state index in [1.165, 1.54) is 6.08 Å². The van der Waals surface area contributed by atoms with Gasteiger partial charge in [0.25, 0.3) is 0 Å². The van der Waals surface area contributed by atoms with Crippen LogP contribution in [0.15, 0.2) is 61.2 Å². The van der Waals surface area contributed by atoms with Gasteiger partial charge < -0.3 is 20.5 Å². The van der Waals surface area contributed by atoms with Crippen LogP contribution in [0.25, 0.3) is 11.1 Å². The largest absolute Gasteiger partial charge is 0.480 e. The highest BCUT2D eigenvalue weighted by Crippen LogP contribution is 2.44. The van der Waals surface area contributed by atoms with Crippen molar-refractivity contribution < 1.29 is 24.2 Å². The lowest BCUT2D eigenvalue weighted by molar-refractivity contribution is -0.141. The Kier molecular flexibility index (Phi) is 8.85. The SMILES string of the molecule is C=CCC(NC(=O)CC(CCCC)NC(=O)OCC1c2ccccc2-c2ccccc21)C(=O)O. The van der Waals surface area contributed by atoms with Gasteiger partial charge >= 0.3 is 12.1 Å². The Labute approximate surface area is 200 Å². The van der Waals surface area contributed by atoms with Crippen LogP contribution in [0.4, 0.5) is 4.79 Å². The van der Waals surface area contributed by atoms with E-state index in [2.05, 4.69) is 41.5 Å². The number of amides is 2. The molecule has 0 radical (unpaired) electrons. The molecule has 0 saturated carbocycles. The van der Waals surface area contributed by atoms with Gasteiger partial charge in [0, 0.05) is 18.4 Å². The first-order valence-corrected chi connectivity index (χ1v) is 11.7. The molecule has 0 aromatic heterocycles. The Bertz CT molecular complexity index is 990. The molecular weight excluding hydrogens is 432 g/mol. The molecule has 1 aliphatic carbocycles. The number of ether oxygens (including phenoxy) is 1. The first kappa shape index (κ1) is 25.0. The van der Waals surface area contributed by atoms with E-state index in [4.69, 9.17) is 4.74 Å². The molecule has 0 bridgehead atoms. The molecule has 2 unspecified atom stereocenters. The zero-order chi connectivity index (χ0) is 24.5. The van der Waals surface area contributed by atoms with Gasteiger partial charge in [0.15, 0.2) is 0 Å². The van der Waals surface area contributed by atoms with Gasteiger partial charge in [-0.05, 0) is 35.1 Å². The van der Waals surface area contributed by atoms with Crippen LogP contribution in [0.3, 0.4) is 0 Å². The molecule has 1 aliphatic rings. The molecule has 180 valence electrons. The van der Waals surface area contributed by atoms with Gasteiger partial charge in [-0.25, -0.2) is 9.59 Å². The summed E-state index contributed by atoms with van der Waals surface area (Å²) in [4.78, 5) is 36.4. The number of hydrogen-bond donors (Lipinski definition) is 3. The summed E-state index contributed by atoms with van der Waals surface area (Å²) < 4.78 is 5.60. The number of benzene rings is 2. The smallest absolute Gasteiger partial charge is 0.407 e. The van der Waals surface area contributed by atoms with E-state index in [1.54, 1.807) is 0 Å². The molecule has 7 nitrogen and oxygen atoms in total. The van der Waals surface area contributed by atoms with Crippen LogP contribution in [-0.4, -0.2) is 41.8 Å². The molecule has 34 heavy (non-hydrogen) atoms. The fourth-order valence-corrected chi connectivity index (χ4v) is 4.35. The third kappa shape index (κ3) is 6.25. The monoisotopic (exact) mass is 464 g/mol. The summed E-state index contributed by atoms with van der Waals surface area (Å²) in [5, 5.41) is 14.5. The maximum absolute atomic E-state index is 12.6. The topological polar surface area (TPSA) is 105 Å². The molecule has 0 aliphatic heterocycles. The second-order valence-corrected chi connectivity index (χ2v) is 8.50. The fraction of sp³-hybridized carbons (Fsp3) is 0.370. The van der Waals surface area contributed by atoms with Gasteiger partial charge in [0.05, 0.1) is 0 Å². The van der Waals surface area contributed by atoms with Crippen molar-refractivity contribution in [2.24, 2.45) is 0 Å². The van der Waals surface area contributed by atoms with Crippen molar-refractivity contribution in [3.8, 4) is 11.1 Å². The summed E-state index contributed by atoms with van der Waals surface area (Å²) in [6.45, 7) is 5.73. The van der Waals surface area contributed by atoms with Crippen LogP contribution in [-0.2, 0) is 14.3 Å². The number of carbonyl (C=O) groups is 3. The Morgan fingerprint density at radius 1 is 1.06 bits per heavy atom. The van der Waals surface area contributed by atoms with E-state index in [9.17, 15) is 19.5 Å². The normalized spacial score (nSPS) is 13.8. The summed E-state index contributed by atoms with van der Waals surface area (Å²) in [5.41, 5.74) is 4.55. The van der Waals surface area contributed by atoms with E-state index < -0.39 is 30.1 Å². The average molecular weight is 465 g/mol. The minimum atomic E-state index is -1.12. The average Bonchev–Trinajstić information content (AvgIpc) is 3.14. The third-order valence-corrected chi connectivity index (χ3v) is 6.04. The standard InChI is InChI=1S/C27H32N2O5/c1-3-5-11-18(16-25(30)29-24(10-4-2)26(31)32)28-27(33)34-17-23-21-14-8-6-12-19(21)20-13-7-9-15-22(20)23/h4,6-9,12-15,18,23-24H,2-3,5,10-11,16-17H2,1H3,(H,28,33)(H,29,30)(H,31,32). The molecule has 3 N–H and O–H groups in total. The molecule has 3 rings (SSSR count). The molecule has 2 aromatic rings. The van der Waals surface area contributed by atoms with E-state index in [1.807, 2.05) is 31.2 Å². The number of carboxylic acids is 1. The zero-order valence-corrected chi connectivity index (χ0v) is 19.5. The van der Waals surface area contributed by atoms with Crippen LogP contribution in [0, 0.1) is 0 Å². The van der Waals surface area contributed by atoms with E-state index in [0.29, 0.717) is 6.42 Å². The van der Waals surface area contributed by atoms with E-state index in [0.717, 1.165) is 35.1 Å². The molecule has 7 heteroatoms. The van der Waals surface area contributed by atoms with Crippen LogP contribution < -0.4 is 10.6 Å². The van der Waals surface area contributed by atoms with Crippen LogP contribution in [0.2, 0.25) is 0 Å². The number of rotatable bonds is 12. The van der Waals surface area contributed by atoms with Crippen LogP contribution >= 0.6 is 0 Å². The first-order chi connectivity index (χ1) is 16.4. The lowest BCUT2D eigenvalue weighted by atomic mass is 9.98. The van der Waals surface area contributed by atoms with Crippen molar-refractivity contribution in [2.75, 3.05) is 6.61 Å². The number of aliphatic carboxylic acids is 1. The number of unbranched alkanes of at least 4 members (excludes halogenated alkanes) is 1. The fourth-order valence-electron chi connectivity index (χ4n) is 4.35. The van der Waals surface area contributed by atoms with Gasteiger partial charge in [-0.15, -0.1) is 6.58 Å². The highest BCUT2D eigenvalue weighted by molar-refractivity contribution is 5.84. The van der Waals surface area contributed by atoms with Gasteiger partial charge in [0.1, 0.15) is 12.6 Å². The predicted molar refractivity (Wildman–Crippen MR) is 131 cm³/mol. The van der Waals surface area contributed by atoms with E-state index >= 15 is 0 Å². The molecule has 0 heterocycles. The quantitative estimate of drug-likeness (QED) is 0.398. The number of nitrogens with one attached hydrogen (secondary N) is 2. The predicted octanol–water partition coefficient (Wildman–Crippen LogP) is 4.62. The maximum atomic E-state index is 12.6. The Balaban J connectivity index is 1.60. The summed E-state index contributed by atoms with van der Waals surface area (Å²) in [6, 6.07) is 14.7. The first-order valence-electron chi connectivity index (χ1n) is 11.7. The second-order valence-electron chi connectivity index (χ2n) is 8.50. The minimum Gasteiger partial charge on any atom is -0.480 e. The molecular formula is C27H32N2O5. The molecule has 0 saturated heterocycles. The van der Waals surface area contributed by atoms with Crippen molar-refractivity contribution in [1.29, 1.82) is 0 Å². The lowest BCUT2D eigenvalue weighted by Gasteiger charge is -2.21. The van der Waals surface area contributed by atoms with Crippen molar-refractivity contribution in [3.63, 3.8) is 0 Å². The van der Waals surface area contributed by atoms with Crippen LogP contribution in [0.1, 0.15) is 56.1 Å². The summed E-state index contributed by atoms with van der Waals surface area (Å²) >= 11 is 0. The third-order valence-electron chi connectivity index (χ3n) is 6.04. The highest BCUT2D eigenvalue weighted by Gasteiger charge is 2.29. The van der Waals surface area contributed by atoms with Crippen molar-refractivity contribution >= 4 is 18.0 Å². The van der Waals surface area contributed by atoms with Gasteiger partial charge in [0.2, 0.25) is 5.91 Å². The minimum absolute atomic E-state index is 0.0227. The Hall–Kier alpha value is -3.61. The number of alkyl carbamates (subject to hydrolysis) is 1. The molecule has 0 spiro atoms. The van der Waals surface area contributed by atoms with E-state index in [-0.39, 0.29) is 25.4 Å². The zero-order valence-electron chi connectivity index (χ0n) is 19.5. The van der Waals surface area contributed by atoms with Gasteiger partial charge in [-0.2, -0.15) is 0 Å². The second kappa shape index (κ2) is 12.0. The number of hydrogen-bond acceptors (Lipinski definition) is 4. The van der Waals surface area contributed by atoms with Crippen molar-refractivity contribution in [2.45, 2.75) is 57.0 Å². The van der Waals surface area contributed by atoms with Crippen LogP contribution in [0.5, 0.6) is 0 Å². The molecule has 2 atom stereocenters. The summed E-state index contributed by atoms with van der Waals surface area (Å²) in [6.07, 6.45) is 3.27. The Morgan fingerprint density at radius 3 is 2.24 bits per heavy atom. The van der Waals surface area contributed by atoms with Gasteiger partial charge in [-0.1, -0.05) is 74.4 Å². The maximum Gasteiger partial charge on any atom is 0.407 e.